The molecule has 7 heteroatoms. The number of amides is 1. The molecule has 6 nitrogen and oxygen atoms in total. The van der Waals surface area contributed by atoms with Crippen LogP contribution in [0.2, 0.25) is 0 Å². The molecule has 0 aliphatic carbocycles. The van der Waals surface area contributed by atoms with E-state index in [1.54, 1.807) is 0 Å². The number of carbonyl (C=O) groups is 1. The molecule has 3 atom stereocenters. The van der Waals surface area contributed by atoms with Crippen molar-refractivity contribution >= 4 is 35.8 Å². The van der Waals surface area contributed by atoms with E-state index in [0.29, 0.717) is 31.0 Å². The van der Waals surface area contributed by atoms with Crippen LogP contribution in [-0.4, -0.2) is 61.1 Å². The highest BCUT2D eigenvalue weighted by atomic mass is 127. The summed E-state index contributed by atoms with van der Waals surface area (Å²) in [5.74, 6) is 1.48. The van der Waals surface area contributed by atoms with Gasteiger partial charge in [0.1, 0.15) is 0 Å². The van der Waals surface area contributed by atoms with Crippen molar-refractivity contribution in [3.8, 4) is 0 Å². The number of likely N-dealkylation sites (tertiary alicyclic amines) is 1. The van der Waals surface area contributed by atoms with Crippen molar-refractivity contribution in [1.82, 2.24) is 20.9 Å². The Kier molecular flexibility index (Phi) is 12.4. The van der Waals surface area contributed by atoms with Crippen molar-refractivity contribution in [2.75, 3.05) is 26.2 Å². The van der Waals surface area contributed by atoms with Gasteiger partial charge in [-0.1, -0.05) is 13.8 Å². The third-order valence-corrected chi connectivity index (χ3v) is 4.67. The van der Waals surface area contributed by atoms with E-state index in [-0.39, 0.29) is 35.9 Å². The molecule has 1 aliphatic heterocycles. The van der Waals surface area contributed by atoms with Crippen molar-refractivity contribution in [3.05, 3.63) is 0 Å². The molecule has 0 aromatic rings. The fraction of sp³-hybridized carbons (Fsp3) is 0.889. The Morgan fingerprint density at radius 3 is 2.44 bits per heavy atom. The predicted octanol–water partition coefficient (Wildman–Crippen LogP) is 2.19. The summed E-state index contributed by atoms with van der Waals surface area (Å²) in [6.07, 6.45) is 1.38. The van der Waals surface area contributed by atoms with Gasteiger partial charge in [-0.2, -0.15) is 0 Å². The summed E-state index contributed by atoms with van der Waals surface area (Å²) in [6, 6.07) is 1.20. The lowest BCUT2D eigenvalue weighted by molar-refractivity contribution is -0.121. The lowest BCUT2D eigenvalue weighted by Gasteiger charge is -2.22. The monoisotopic (exact) mass is 467 g/mol. The topological polar surface area (TPSA) is 68.8 Å². The van der Waals surface area contributed by atoms with Gasteiger partial charge >= 0.3 is 0 Å². The highest BCUT2D eigenvalue weighted by Crippen LogP contribution is 2.18. The molecule has 1 rings (SSSR count). The number of hydrogen-bond donors (Lipinski definition) is 3. The molecule has 3 unspecified atom stereocenters. The fourth-order valence-corrected chi connectivity index (χ4v) is 2.83. The Morgan fingerprint density at radius 1 is 1.24 bits per heavy atom. The highest BCUT2D eigenvalue weighted by molar-refractivity contribution is 14.0. The fourth-order valence-electron chi connectivity index (χ4n) is 2.83. The number of nitrogens with zero attached hydrogens (tertiary/aromatic N) is 2. The van der Waals surface area contributed by atoms with Gasteiger partial charge in [-0.25, -0.2) is 0 Å². The zero-order valence-corrected chi connectivity index (χ0v) is 19.1. The first kappa shape index (κ1) is 24.4. The molecule has 0 aromatic carbocycles. The van der Waals surface area contributed by atoms with Gasteiger partial charge in [0.15, 0.2) is 5.96 Å². The third kappa shape index (κ3) is 9.08. The quantitative estimate of drug-likeness (QED) is 0.291. The average Bonchev–Trinajstić information content (AvgIpc) is 2.88. The lowest BCUT2D eigenvalue weighted by Crippen LogP contribution is -2.47. The molecule has 1 heterocycles. The minimum atomic E-state index is 0. The standard InChI is InChI=1S/C18H37N5O.HI/c1-7-15(6)21-17(24)9-10-20-18(19-8-2)22-16-12-23(13(3)4)11-14(16)5;/h13-16H,7-12H2,1-6H3,(H,21,24)(H2,19,20,22);1H. The highest BCUT2D eigenvalue weighted by Gasteiger charge is 2.31. The Bertz CT molecular complexity index is 416. The lowest BCUT2D eigenvalue weighted by atomic mass is 10.1. The van der Waals surface area contributed by atoms with Crippen LogP contribution in [0.4, 0.5) is 0 Å². The van der Waals surface area contributed by atoms with Crippen LogP contribution in [0.1, 0.15) is 54.4 Å². The minimum absolute atomic E-state index is 0. The van der Waals surface area contributed by atoms with Crippen LogP contribution in [0.25, 0.3) is 0 Å². The Balaban J connectivity index is 0.00000576. The van der Waals surface area contributed by atoms with Crippen LogP contribution in [0.15, 0.2) is 4.99 Å². The summed E-state index contributed by atoms with van der Waals surface area (Å²) in [5.41, 5.74) is 0. The molecule has 0 bridgehead atoms. The molecule has 0 aromatic heterocycles. The number of rotatable bonds is 8. The van der Waals surface area contributed by atoms with Crippen LogP contribution < -0.4 is 16.0 Å². The smallest absolute Gasteiger partial charge is 0.222 e. The van der Waals surface area contributed by atoms with E-state index in [0.717, 1.165) is 32.0 Å². The molecule has 1 aliphatic rings. The van der Waals surface area contributed by atoms with Gasteiger partial charge in [0.2, 0.25) is 5.91 Å². The first-order valence-corrected chi connectivity index (χ1v) is 9.45. The molecular weight excluding hydrogens is 429 g/mol. The largest absolute Gasteiger partial charge is 0.357 e. The summed E-state index contributed by atoms with van der Waals surface area (Å²) in [5, 5.41) is 9.81. The molecule has 1 amide bonds. The van der Waals surface area contributed by atoms with E-state index in [1.165, 1.54) is 0 Å². The maximum Gasteiger partial charge on any atom is 0.222 e. The second kappa shape index (κ2) is 12.7. The Morgan fingerprint density at radius 2 is 1.92 bits per heavy atom. The number of guanidine groups is 1. The maximum absolute atomic E-state index is 11.8. The van der Waals surface area contributed by atoms with Crippen molar-refractivity contribution in [2.45, 2.75) is 72.5 Å². The Hall–Kier alpha value is -0.570. The third-order valence-electron chi connectivity index (χ3n) is 4.67. The summed E-state index contributed by atoms with van der Waals surface area (Å²) in [7, 11) is 0. The first-order valence-electron chi connectivity index (χ1n) is 9.45. The van der Waals surface area contributed by atoms with Crippen LogP contribution >= 0.6 is 24.0 Å². The molecular formula is C18H38IN5O. The van der Waals surface area contributed by atoms with E-state index in [2.05, 4.69) is 60.5 Å². The zero-order chi connectivity index (χ0) is 18.1. The van der Waals surface area contributed by atoms with Crippen molar-refractivity contribution in [2.24, 2.45) is 10.9 Å². The van der Waals surface area contributed by atoms with Crippen LogP contribution in [0.3, 0.4) is 0 Å². The predicted molar refractivity (Wildman–Crippen MR) is 117 cm³/mol. The maximum atomic E-state index is 11.8. The van der Waals surface area contributed by atoms with Crippen molar-refractivity contribution in [3.63, 3.8) is 0 Å². The molecule has 0 radical (unpaired) electrons. The van der Waals surface area contributed by atoms with Crippen LogP contribution in [-0.2, 0) is 4.79 Å². The number of halogens is 1. The van der Waals surface area contributed by atoms with Crippen LogP contribution in [0, 0.1) is 5.92 Å². The summed E-state index contributed by atoms with van der Waals surface area (Å²) < 4.78 is 0. The first-order chi connectivity index (χ1) is 11.4. The minimum Gasteiger partial charge on any atom is -0.357 e. The zero-order valence-electron chi connectivity index (χ0n) is 16.8. The molecule has 1 saturated heterocycles. The summed E-state index contributed by atoms with van der Waals surface area (Å²) in [4.78, 5) is 18.9. The van der Waals surface area contributed by atoms with Gasteiger partial charge in [0.05, 0.1) is 6.54 Å². The van der Waals surface area contributed by atoms with E-state index < -0.39 is 0 Å². The number of nitrogens with one attached hydrogen (secondary N) is 3. The second-order valence-electron chi connectivity index (χ2n) is 7.16. The van der Waals surface area contributed by atoms with E-state index in [4.69, 9.17) is 0 Å². The van der Waals surface area contributed by atoms with Crippen LogP contribution in [0.5, 0.6) is 0 Å². The van der Waals surface area contributed by atoms with E-state index >= 15 is 0 Å². The molecule has 1 fully saturated rings. The van der Waals surface area contributed by atoms with Crippen molar-refractivity contribution < 1.29 is 4.79 Å². The van der Waals surface area contributed by atoms with E-state index in [1.807, 2.05) is 6.92 Å². The molecule has 25 heavy (non-hydrogen) atoms. The SMILES string of the molecule is CCNC(=NCCC(=O)NC(C)CC)NC1CN(C(C)C)CC1C.I. The average molecular weight is 467 g/mol. The molecule has 3 N–H and O–H groups in total. The summed E-state index contributed by atoms with van der Waals surface area (Å²) >= 11 is 0. The number of hydrogen-bond acceptors (Lipinski definition) is 3. The van der Waals surface area contributed by atoms with Gasteiger partial charge in [0.25, 0.3) is 0 Å². The number of aliphatic imine (C=N–C) groups is 1. The van der Waals surface area contributed by atoms with Gasteiger partial charge in [-0.05, 0) is 40.0 Å². The summed E-state index contributed by atoms with van der Waals surface area (Å²) in [6.45, 7) is 16.4. The second-order valence-corrected chi connectivity index (χ2v) is 7.16. The van der Waals surface area contributed by atoms with Gasteiger partial charge in [-0.3, -0.25) is 14.7 Å². The van der Waals surface area contributed by atoms with Gasteiger partial charge < -0.3 is 16.0 Å². The van der Waals surface area contributed by atoms with E-state index in [9.17, 15) is 4.79 Å². The molecule has 148 valence electrons. The van der Waals surface area contributed by atoms with Gasteiger partial charge in [0, 0.05) is 44.2 Å². The van der Waals surface area contributed by atoms with Crippen molar-refractivity contribution in [1.29, 1.82) is 0 Å². The Labute approximate surface area is 171 Å². The van der Waals surface area contributed by atoms with Gasteiger partial charge in [-0.15, -0.1) is 24.0 Å². The molecule has 0 spiro atoms. The molecule has 0 saturated carbocycles. The normalized spacial score (nSPS) is 22.4. The number of carbonyl (C=O) groups excluding carboxylic acids is 1.